The van der Waals surface area contributed by atoms with Crippen LogP contribution in [0.3, 0.4) is 0 Å². The van der Waals surface area contributed by atoms with Gasteiger partial charge in [0.05, 0.1) is 30.6 Å². The maximum Gasteiger partial charge on any atom is 0.416 e. The Labute approximate surface area is 241 Å². The van der Waals surface area contributed by atoms with Crippen molar-refractivity contribution in [3.63, 3.8) is 0 Å². The number of para-hydroxylation sites is 1. The number of rotatable bonds is 9. The molecule has 0 aliphatic heterocycles. The first-order valence-corrected chi connectivity index (χ1v) is 12.8. The van der Waals surface area contributed by atoms with Gasteiger partial charge in [-0.05, 0) is 48.5 Å². The van der Waals surface area contributed by atoms with Gasteiger partial charge in [-0.25, -0.2) is 19.1 Å². The maximum absolute atomic E-state index is 13.2. The second kappa shape index (κ2) is 11.7. The van der Waals surface area contributed by atoms with Crippen molar-refractivity contribution < 1.29 is 27.5 Å². The van der Waals surface area contributed by atoms with E-state index >= 15 is 0 Å². The highest BCUT2D eigenvalue weighted by Crippen LogP contribution is 2.24. The summed E-state index contributed by atoms with van der Waals surface area (Å²) in [5, 5.41) is 18.7. The fraction of sp³-hybridized carbons (Fsp3) is 0.222. The third kappa shape index (κ3) is 6.14. The number of hydrogen-bond acceptors (Lipinski definition) is 7. The van der Waals surface area contributed by atoms with Gasteiger partial charge in [-0.15, -0.1) is 10.2 Å². The van der Waals surface area contributed by atoms with E-state index in [4.69, 9.17) is 16.0 Å². The molecule has 0 saturated carbocycles. The number of aromatic nitrogens is 6. The maximum atomic E-state index is 13.2. The van der Waals surface area contributed by atoms with Crippen molar-refractivity contribution in [2.75, 3.05) is 7.05 Å². The summed E-state index contributed by atoms with van der Waals surface area (Å²) >= 11 is 5.93. The average Bonchev–Trinajstić information content (AvgIpc) is 3.71. The first kappa shape index (κ1) is 28.8. The Morgan fingerprint density at radius 3 is 2.52 bits per heavy atom. The fourth-order valence-electron chi connectivity index (χ4n) is 4.19. The zero-order valence-corrected chi connectivity index (χ0v) is 22.7. The molecule has 2 aromatic carbocycles. The molecule has 0 aliphatic carbocycles. The molecule has 1 atom stereocenters. The molecule has 3 heterocycles. The van der Waals surface area contributed by atoms with Crippen LogP contribution in [0.1, 0.15) is 21.9 Å². The van der Waals surface area contributed by atoms with E-state index in [9.17, 15) is 27.9 Å². The van der Waals surface area contributed by atoms with Gasteiger partial charge in [0.15, 0.2) is 17.8 Å². The lowest BCUT2D eigenvalue weighted by molar-refractivity contribution is -0.207. The minimum Gasteiger partial charge on any atom is -0.467 e. The minimum atomic E-state index is -4.95. The summed E-state index contributed by atoms with van der Waals surface area (Å²) in [5.41, 5.74) is 0.153. The summed E-state index contributed by atoms with van der Waals surface area (Å²) in [5.74, 6) is 0.309. The Kier molecular flexibility index (Phi) is 8.00. The van der Waals surface area contributed by atoms with Crippen molar-refractivity contribution in [1.82, 2.24) is 34.0 Å². The molecule has 1 amide bonds. The summed E-state index contributed by atoms with van der Waals surface area (Å²) in [6.07, 6.45) is -4.88. The van der Waals surface area contributed by atoms with Crippen LogP contribution in [0.25, 0.3) is 17.1 Å². The quantitative estimate of drug-likeness (QED) is 0.273. The Balaban J connectivity index is 1.43. The van der Waals surface area contributed by atoms with Crippen molar-refractivity contribution in [1.29, 1.82) is 0 Å². The van der Waals surface area contributed by atoms with Crippen LogP contribution in [0.15, 0.2) is 82.5 Å². The van der Waals surface area contributed by atoms with E-state index in [2.05, 4.69) is 15.2 Å². The van der Waals surface area contributed by atoms with Crippen molar-refractivity contribution >= 4 is 17.5 Å². The minimum absolute atomic E-state index is 0.102. The van der Waals surface area contributed by atoms with Crippen LogP contribution >= 0.6 is 11.6 Å². The van der Waals surface area contributed by atoms with E-state index in [1.807, 2.05) is 0 Å². The van der Waals surface area contributed by atoms with Crippen molar-refractivity contribution in [2.45, 2.75) is 31.9 Å². The molecule has 218 valence electrons. The number of aliphatic hydroxyl groups excluding tert-OH is 1. The van der Waals surface area contributed by atoms with E-state index in [1.165, 1.54) is 46.4 Å². The van der Waals surface area contributed by atoms with E-state index < -0.39 is 24.5 Å². The molecular weight excluding hydrogens is 579 g/mol. The summed E-state index contributed by atoms with van der Waals surface area (Å²) in [6.45, 7) is -1.12. The van der Waals surface area contributed by atoms with Gasteiger partial charge in [0.25, 0.3) is 5.91 Å². The Morgan fingerprint density at radius 1 is 1.10 bits per heavy atom. The number of alkyl halides is 3. The van der Waals surface area contributed by atoms with Gasteiger partial charge < -0.3 is 14.4 Å². The molecule has 0 fully saturated rings. The largest absolute Gasteiger partial charge is 0.467 e. The molecule has 11 nitrogen and oxygen atoms in total. The predicted octanol–water partition coefficient (Wildman–Crippen LogP) is 3.78. The molecule has 0 aliphatic rings. The van der Waals surface area contributed by atoms with Gasteiger partial charge in [0, 0.05) is 17.6 Å². The van der Waals surface area contributed by atoms with Crippen LogP contribution in [0.5, 0.6) is 0 Å². The molecule has 0 spiro atoms. The molecule has 15 heteroatoms. The lowest BCUT2D eigenvalue weighted by Gasteiger charge is -2.17. The highest BCUT2D eigenvalue weighted by molar-refractivity contribution is 6.30. The number of hydrogen-bond donors (Lipinski definition) is 1. The van der Waals surface area contributed by atoms with Crippen molar-refractivity contribution in [3.05, 3.63) is 106 Å². The second-order valence-electron chi connectivity index (χ2n) is 9.30. The van der Waals surface area contributed by atoms with Crippen molar-refractivity contribution in [3.8, 4) is 17.1 Å². The number of carbonyl (C=O) groups excluding carboxylic acids is 1. The third-order valence-corrected chi connectivity index (χ3v) is 6.54. The molecule has 3 aromatic heterocycles. The first-order valence-electron chi connectivity index (χ1n) is 12.5. The molecule has 1 unspecified atom stereocenters. The van der Waals surface area contributed by atoms with E-state index in [0.717, 1.165) is 9.25 Å². The van der Waals surface area contributed by atoms with Gasteiger partial charge in [-0.2, -0.15) is 13.2 Å². The fourth-order valence-corrected chi connectivity index (χ4v) is 4.31. The van der Waals surface area contributed by atoms with Gasteiger partial charge in [-0.1, -0.05) is 23.7 Å². The van der Waals surface area contributed by atoms with Crippen LogP contribution in [0, 0.1) is 0 Å². The molecule has 0 saturated heterocycles. The van der Waals surface area contributed by atoms with E-state index in [-0.39, 0.29) is 30.6 Å². The van der Waals surface area contributed by atoms with Crippen LogP contribution in [-0.4, -0.2) is 64.4 Å². The standard InChI is InChI=1S/C27H23ClF3N7O4/c1-35(13-19-5-4-12-42-19)25(40)20-6-2-3-7-21(20)38-16-32-23(33-38)15-37-26(41)36(14-22(39)27(29,30)31)24(34-37)17-8-10-18(28)11-9-17/h2-12,16,22,39H,13-15H2,1H3. The van der Waals surface area contributed by atoms with Crippen molar-refractivity contribution in [2.24, 2.45) is 0 Å². The normalized spacial score (nSPS) is 12.4. The molecular formula is C27H23ClF3N7O4. The molecule has 0 bridgehead atoms. The van der Waals surface area contributed by atoms with Crippen LogP contribution in [-0.2, 0) is 19.6 Å². The van der Waals surface area contributed by atoms with Gasteiger partial charge in [0.1, 0.15) is 18.6 Å². The number of furan rings is 1. The SMILES string of the molecule is CN(Cc1ccco1)C(=O)c1ccccc1-n1cnc(Cn2nc(-c3ccc(Cl)cc3)n(CC(O)C(F)(F)F)c2=O)n1. The highest BCUT2D eigenvalue weighted by atomic mass is 35.5. The Bertz CT molecular complexity index is 1740. The second-order valence-corrected chi connectivity index (χ2v) is 9.74. The summed E-state index contributed by atoms with van der Waals surface area (Å²) in [6, 6.07) is 16.2. The molecule has 42 heavy (non-hydrogen) atoms. The highest BCUT2D eigenvalue weighted by Gasteiger charge is 2.39. The number of aliphatic hydroxyl groups is 1. The number of carbonyl (C=O) groups is 1. The van der Waals surface area contributed by atoms with Gasteiger partial charge >= 0.3 is 11.9 Å². The van der Waals surface area contributed by atoms with Crippen LogP contribution in [0.4, 0.5) is 13.2 Å². The Hall–Kier alpha value is -4.69. The smallest absolute Gasteiger partial charge is 0.416 e. The Morgan fingerprint density at radius 2 is 1.83 bits per heavy atom. The lowest BCUT2D eigenvalue weighted by atomic mass is 10.1. The molecule has 5 aromatic rings. The zero-order chi connectivity index (χ0) is 30.0. The number of benzene rings is 2. The summed E-state index contributed by atoms with van der Waals surface area (Å²) < 4.78 is 47.7. The van der Waals surface area contributed by atoms with E-state index in [1.54, 1.807) is 43.4 Å². The van der Waals surface area contributed by atoms with Crippen LogP contribution < -0.4 is 5.69 Å². The molecule has 5 rings (SSSR count). The monoisotopic (exact) mass is 601 g/mol. The third-order valence-electron chi connectivity index (χ3n) is 6.29. The topological polar surface area (TPSA) is 124 Å². The molecule has 1 N–H and O–H groups in total. The summed E-state index contributed by atoms with van der Waals surface area (Å²) in [7, 11) is 1.63. The van der Waals surface area contributed by atoms with Gasteiger partial charge in [0.2, 0.25) is 0 Å². The summed E-state index contributed by atoms with van der Waals surface area (Å²) in [4.78, 5) is 32.1. The number of halogens is 4. The van der Waals surface area contributed by atoms with E-state index in [0.29, 0.717) is 27.6 Å². The van der Waals surface area contributed by atoms with Crippen LogP contribution in [0.2, 0.25) is 5.02 Å². The average molecular weight is 602 g/mol. The predicted molar refractivity (Wildman–Crippen MR) is 144 cm³/mol. The zero-order valence-electron chi connectivity index (χ0n) is 21.9. The number of nitrogens with zero attached hydrogens (tertiary/aromatic N) is 7. The van der Waals surface area contributed by atoms with Gasteiger partial charge in [-0.3, -0.25) is 9.36 Å². The molecule has 0 radical (unpaired) electrons. The first-order chi connectivity index (χ1) is 20.0. The lowest BCUT2D eigenvalue weighted by Crippen LogP contribution is -2.37. The number of amides is 1.